The van der Waals surface area contributed by atoms with Crippen molar-refractivity contribution in [3.05, 3.63) is 66.2 Å². The van der Waals surface area contributed by atoms with E-state index in [4.69, 9.17) is 9.47 Å². The first-order valence-corrected chi connectivity index (χ1v) is 9.93. The van der Waals surface area contributed by atoms with Crippen molar-refractivity contribution in [3.8, 4) is 16.9 Å². The van der Waals surface area contributed by atoms with Crippen LogP contribution >= 0.6 is 0 Å². The molecule has 2 amide bonds. The van der Waals surface area contributed by atoms with Gasteiger partial charge in [-0.1, -0.05) is 36.4 Å². The van der Waals surface area contributed by atoms with E-state index in [1.807, 2.05) is 30.3 Å². The van der Waals surface area contributed by atoms with Gasteiger partial charge in [-0.15, -0.1) is 5.10 Å². The van der Waals surface area contributed by atoms with Crippen LogP contribution in [-0.4, -0.2) is 47.2 Å². The number of hydrogen-bond acceptors (Lipinski definition) is 5. The minimum absolute atomic E-state index is 0.0525. The fraction of sp³-hybridized carbons (Fsp3) is 0.227. The van der Waals surface area contributed by atoms with Crippen LogP contribution < -0.4 is 10.6 Å². The predicted molar refractivity (Wildman–Crippen MR) is 112 cm³/mol. The van der Waals surface area contributed by atoms with Crippen molar-refractivity contribution in [2.75, 3.05) is 18.5 Å². The molecule has 0 saturated carbocycles. The summed E-state index contributed by atoms with van der Waals surface area (Å²) < 4.78 is 48.4. The zero-order valence-corrected chi connectivity index (χ0v) is 17.1. The Labute approximate surface area is 186 Å². The van der Waals surface area contributed by atoms with Gasteiger partial charge in [-0.2, -0.15) is 13.2 Å². The first kappa shape index (κ1) is 22.3. The van der Waals surface area contributed by atoms with Crippen molar-refractivity contribution in [3.63, 3.8) is 0 Å². The van der Waals surface area contributed by atoms with E-state index in [9.17, 15) is 22.8 Å². The highest BCUT2D eigenvalue weighted by Crippen LogP contribution is 2.27. The van der Waals surface area contributed by atoms with Gasteiger partial charge in [0.25, 0.3) is 5.91 Å². The highest BCUT2D eigenvalue weighted by atomic mass is 19.4. The quantitative estimate of drug-likeness (QED) is 0.561. The van der Waals surface area contributed by atoms with Crippen LogP contribution in [-0.2, 0) is 20.9 Å². The molecule has 2 heterocycles. The van der Waals surface area contributed by atoms with Crippen LogP contribution in [0.2, 0.25) is 0 Å². The number of ether oxygens (including phenoxy) is 2. The van der Waals surface area contributed by atoms with Crippen molar-refractivity contribution in [2.45, 2.75) is 18.9 Å². The molecule has 0 radical (unpaired) electrons. The van der Waals surface area contributed by atoms with Crippen LogP contribution in [0.5, 0.6) is 0 Å². The van der Waals surface area contributed by atoms with Gasteiger partial charge in [-0.05, 0) is 23.8 Å². The van der Waals surface area contributed by atoms with E-state index >= 15 is 0 Å². The molecule has 1 saturated heterocycles. The third kappa shape index (κ3) is 5.69. The molecule has 11 heteroatoms. The maximum atomic E-state index is 12.4. The minimum atomic E-state index is -4.40. The number of amides is 2. The molecule has 172 valence electrons. The van der Waals surface area contributed by atoms with E-state index in [1.54, 1.807) is 35.0 Å². The first-order valence-electron chi connectivity index (χ1n) is 9.93. The molecule has 0 spiro atoms. The Balaban J connectivity index is 1.61. The Morgan fingerprint density at radius 1 is 1.18 bits per heavy atom. The summed E-state index contributed by atoms with van der Waals surface area (Å²) >= 11 is 0. The Kier molecular flexibility index (Phi) is 6.31. The van der Waals surface area contributed by atoms with Gasteiger partial charge in [-0.3, -0.25) is 4.79 Å². The lowest BCUT2D eigenvalue weighted by atomic mass is 10.1. The second kappa shape index (κ2) is 9.33. The van der Waals surface area contributed by atoms with Crippen molar-refractivity contribution in [1.82, 2.24) is 15.1 Å². The van der Waals surface area contributed by atoms with Gasteiger partial charge in [-0.25, -0.2) is 9.48 Å². The van der Waals surface area contributed by atoms with Gasteiger partial charge in [0.1, 0.15) is 6.61 Å². The number of alkyl halides is 3. The molecule has 4 rings (SSSR count). The summed E-state index contributed by atoms with van der Waals surface area (Å²) in [5, 5.41) is 9.49. The lowest BCUT2D eigenvalue weighted by Crippen LogP contribution is -2.30. The van der Waals surface area contributed by atoms with E-state index in [2.05, 4.69) is 15.7 Å². The molecule has 1 aliphatic heterocycles. The SMILES string of the molecule is O=C1NC[C@H](C(=O)Nc2cc(-c3cccc(COCC(F)(F)F)c3)n(-c3ccccc3)n2)O1. The van der Waals surface area contributed by atoms with Gasteiger partial charge < -0.3 is 20.1 Å². The number of benzene rings is 2. The standard InChI is InChI=1S/C22H19F3N4O4/c23-22(24,25)13-32-12-14-5-4-6-15(9-14)17-10-19(27-20(30)18-11-26-21(31)33-18)28-29(17)16-7-2-1-3-8-16/h1-10,18H,11-13H2,(H,26,31)(H,27,28,30)/t18-/m1/s1. The minimum Gasteiger partial charge on any atom is -0.434 e. The van der Waals surface area contributed by atoms with Crippen LogP contribution in [0.25, 0.3) is 16.9 Å². The lowest BCUT2D eigenvalue weighted by molar-refractivity contribution is -0.176. The summed E-state index contributed by atoms with van der Waals surface area (Å²) in [5.74, 6) is -0.313. The molecule has 33 heavy (non-hydrogen) atoms. The summed E-state index contributed by atoms with van der Waals surface area (Å²) in [6.45, 7) is -1.50. The highest BCUT2D eigenvalue weighted by Gasteiger charge is 2.30. The van der Waals surface area contributed by atoms with Crippen molar-refractivity contribution in [1.29, 1.82) is 0 Å². The molecule has 8 nitrogen and oxygen atoms in total. The van der Waals surface area contributed by atoms with Gasteiger partial charge in [0.15, 0.2) is 11.9 Å². The maximum Gasteiger partial charge on any atom is 0.411 e. The number of alkyl carbamates (subject to hydrolysis) is 1. The number of nitrogens with one attached hydrogen (secondary N) is 2. The van der Waals surface area contributed by atoms with Gasteiger partial charge in [0, 0.05) is 11.6 Å². The van der Waals surface area contributed by atoms with Crippen molar-refractivity contribution >= 4 is 17.8 Å². The van der Waals surface area contributed by atoms with E-state index in [-0.39, 0.29) is 19.0 Å². The average molecular weight is 460 g/mol. The number of carbonyl (C=O) groups is 2. The largest absolute Gasteiger partial charge is 0.434 e. The molecule has 1 fully saturated rings. The van der Waals surface area contributed by atoms with E-state index in [1.165, 1.54) is 0 Å². The fourth-order valence-electron chi connectivity index (χ4n) is 3.26. The second-order valence-corrected chi connectivity index (χ2v) is 7.23. The summed E-state index contributed by atoms with van der Waals surface area (Å²) in [6, 6.07) is 17.6. The molecule has 2 aromatic carbocycles. The van der Waals surface area contributed by atoms with Crippen molar-refractivity contribution < 1.29 is 32.2 Å². The number of halogens is 3. The number of nitrogens with zero attached hydrogens (tertiary/aromatic N) is 2. The van der Waals surface area contributed by atoms with Crippen LogP contribution in [0, 0.1) is 0 Å². The number of hydrogen-bond donors (Lipinski definition) is 2. The van der Waals surface area contributed by atoms with E-state index in [0.29, 0.717) is 22.5 Å². The average Bonchev–Trinajstić information content (AvgIpc) is 3.40. The smallest absolute Gasteiger partial charge is 0.411 e. The lowest BCUT2D eigenvalue weighted by Gasteiger charge is -2.10. The number of aromatic nitrogens is 2. The topological polar surface area (TPSA) is 94.5 Å². The second-order valence-electron chi connectivity index (χ2n) is 7.23. The molecular formula is C22H19F3N4O4. The zero-order valence-electron chi connectivity index (χ0n) is 17.1. The number of rotatable bonds is 7. The Morgan fingerprint density at radius 3 is 2.67 bits per heavy atom. The number of anilines is 1. The highest BCUT2D eigenvalue weighted by molar-refractivity contribution is 5.96. The van der Waals surface area contributed by atoms with Gasteiger partial charge in [0.05, 0.1) is 24.5 Å². The Bertz CT molecular complexity index is 1150. The molecule has 1 aliphatic rings. The Hall–Kier alpha value is -3.86. The van der Waals surface area contributed by atoms with E-state index in [0.717, 1.165) is 0 Å². The Morgan fingerprint density at radius 2 is 1.97 bits per heavy atom. The van der Waals surface area contributed by atoms with E-state index < -0.39 is 30.9 Å². The molecule has 3 aromatic rings. The van der Waals surface area contributed by atoms with Gasteiger partial charge in [0.2, 0.25) is 0 Å². The molecule has 0 aliphatic carbocycles. The number of para-hydroxylation sites is 1. The summed E-state index contributed by atoms with van der Waals surface area (Å²) in [6.07, 6.45) is -6.05. The van der Waals surface area contributed by atoms with Crippen LogP contribution in [0.15, 0.2) is 60.7 Å². The predicted octanol–water partition coefficient (Wildman–Crippen LogP) is 3.67. The monoisotopic (exact) mass is 460 g/mol. The molecule has 1 aromatic heterocycles. The molecule has 2 N–H and O–H groups in total. The van der Waals surface area contributed by atoms with Crippen LogP contribution in [0.1, 0.15) is 5.56 Å². The van der Waals surface area contributed by atoms with Gasteiger partial charge >= 0.3 is 12.3 Å². The summed E-state index contributed by atoms with van der Waals surface area (Å²) in [4.78, 5) is 23.6. The summed E-state index contributed by atoms with van der Waals surface area (Å²) in [7, 11) is 0. The van der Waals surface area contributed by atoms with Crippen LogP contribution in [0.4, 0.5) is 23.8 Å². The maximum absolute atomic E-state index is 12.4. The zero-order chi connectivity index (χ0) is 23.4. The van der Waals surface area contributed by atoms with Crippen LogP contribution in [0.3, 0.4) is 0 Å². The number of cyclic esters (lactones) is 1. The number of carbonyl (C=O) groups excluding carboxylic acids is 2. The fourth-order valence-corrected chi connectivity index (χ4v) is 3.26. The third-order valence-corrected chi connectivity index (χ3v) is 4.69. The molecule has 0 bridgehead atoms. The van der Waals surface area contributed by atoms with Crippen molar-refractivity contribution in [2.24, 2.45) is 0 Å². The molecular weight excluding hydrogens is 441 g/mol. The summed E-state index contributed by atoms with van der Waals surface area (Å²) in [5.41, 5.74) is 2.51. The molecule has 0 unspecified atom stereocenters. The molecule has 1 atom stereocenters. The first-order chi connectivity index (χ1) is 15.8. The normalized spacial score (nSPS) is 15.7. The third-order valence-electron chi connectivity index (χ3n) is 4.69.